The Bertz CT molecular complexity index is 893. The van der Waals surface area contributed by atoms with E-state index in [0.29, 0.717) is 12.1 Å². The van der Waals surface area contributed by atoms with Gasteiger partial charge in [-0.3, -0.25) is 4.79 Å². The molecule has 1 aliphatic rings. The lowest BCUT2D eigenvalue weighted by Gasteiger charge is -2.37. The molecule has 0 bridgehead atoms. The second kappa shape index (κ2) is 6.44. The van der Waals surface area contributed by atoms with Crippen LogP contribution in [0.15, 0.2) is 24.3 Å². The van der Waals surface area contributed by atoms with Crippen LogP contribution in [0.2, 0.25) is 5.02 Å². The minimum Gasteiger partial charge on any atom is -0.507 e. The minimum atomic E-state index is -7.36. The van der Waals surface area contributed by atoms with Gasteiger partial charge in [0.25, 0.3) is 5.41 Å². The van der Waals surface area contributed by atoms with E-state index in [4.69, 9.17) is 11.6 Å². The number of carbonyl (C=O) groups is 1. The zero-order chi connectivity index (χ0) is 23.7. The summed E-state index contributed by atoms with van der Waals surface area (Å²) >= 11 is 5.26. The van der Waals surface area contributed by atoms with Crippen LogP contribution < -0.4 is 0 Å². The number of carbonyl (C=O) groups excluding carboxylic acids is 1. The normalized spacial score (nSPS) is 24.0. The lowest BCUT2D eigenvalue weighted by molar-refractivity contribution is -0.341. The Morgan fingerprint density at radius 3 is 1.70 bits per heavy atom. The number of hydrogen-bond acceptors (Lipinski definition) is 2. The van der Waals surface area contributed by atoms with Gasteiger partial charge in [-0.25, -0.2) is 4.39 Å². The first-order chi connectivity index (χ1) is 13.2. The van der Waals surface area contributed by atoms with Gasteiger partial charge >= 0.3 is 29.9 Å². The van der Waals surface area contributed by atoms with Crippen molar-refractivity contribution in [3.63, 3.8) is 0 Å². The highest BCUT2D eigenvalue weighted by Gasteiger charge is 3.06. The fraction of sp³-hybridized carbons (Fsp3) is 0.400. The van der Waals surface area contributed by atoms with Crippen molar-refractivity contribution in [2.24, 2.45) is 5.41 Å². The zero-order valence-corrected chi connectivity index (χ0v) is 14.3. The zero-order valence-electron chi connectivity index (χ0n) is 13.6. The van der Waals surface area contributed by atoms with E-state index >= 15 is 0 Å². The van der Waals surface area contributed by atoms with Gasteiger partial charge in [-0.1, -0.05) is 11.6 Å². The smallest absolute Gasteiger partial charge is 0.414 e. The van der Waals surface area contributed by atoms with Crippen LogP contribution in [0.4, 0.5) is 52.7 Å². The molecule has 2 nitrogen and oxygen atoms in total. The van der Waals surface area contributed by atoms with E-state index in [1.54, 1.807) is 0 Å². The van der Waals surface area contributed by atoms with Crippen molar-refractivity contribution < 1.29 is 62.6 Å². The fourth-order valence-electron chi connectivity index (χ4n) is 2.84. The fourth-order valence-corrected chi connectivity index (χ4v) is 2.96. The summed E-state index contributed by atoms with van der Waals surface area (Å²) in [5.74, 6) is -36.3. The quantitative estimate of drug-likeness (QED) is 0.325. The first-order valence-corrected chi connectivity index (χ1v) is 7.58. The van der Waals surface area contributed by atoms with E-state index in [1.807, 2.05) is 0 Å². The van der Waals surface area contributed by atoms with Gasteiger partial charge in [-0.2, -0.15) is 48.3 Å². The number of allylic oxidation sites excluding steroid dienone is 1. The monoisotopic (exact) mass is 480 g/mol. The molecule has 0 atom stereocenters. The Balaban J connectivity index is 2.83. The number of aliphatic hydroxyl groups excluding tert-OH is 1. The van der Waals surface area contributed by atoms with Crippen LogP contribution >= 0.6 is 11.6 Å². The molecule has 0 aliphatic heterocycles. The number of alkyl halides is 11. The Morgan fingerprint density at radius 1 is 0.900 bits per heavy atom. The van der Waals surface area contributed by atoms with Gasteiger partial charge in [0, 0.05) is 11.6 Å². The van der Waals surface area contributed by atoms with Crippen LogP contribution in [-0.2, 0) is 4.79 Å². The van der Waals surface area contributed by atoms with Gasteiger partial charge < -0.3 is 5.11 Å². The summed E-state index contributed by atoms with van der Waals surface area (Å²) in [5.41, 5.74) is -7.95. The van der Waals surface area contributed by atoms with Gasteiger partial charge in [-0.05, 0) is 18.2 Å². The Hall–Kier alpha value is -2.12. The molecule has 0 amide bonds. The summed E-state index contributed by atoms with van der Waals surface area (Å²) in [6.07, 6.45) is -8.40. The molecular weight excluding hydrogens is 476 g/mol. The highest BCUT2D eigenvalue weighted by molar-refractivity contribution is 6.30. The number of benzene rings is 1. The van der Waals surface area contributed by atoms with E-state index < -0.39 is 69.3 Å². The predicted octanol–water partition coefficient (Wildman–Crippen LogP) is 6.05. The van der Waals surface area contributed by atoms with Crippen molar-refractivity contribution >= 4 is 23.1 Å². The van der Waals surface area contributed by atoms with Crippen molar-refractivity contribution in [2.75, 3.05) is 0 Å². The third-order valence-corrected chi connectivity index (χ3v) is 4.71. The van der Waals surface area contributed by atoms with Crippen LogP contribution in [0, 0.1) is 11.2 Å². The van der Waals surface area contributed by atoms with E-state index in [-0.39, 0.29) is 6.07 Å². The summed E-state index contributed by atoms with van der Waals surface area (Å²) in [4.78, 5) is 11.9. The summed E-state index contributed by atoms with van der Waals surface area (Å²) < 4.78 is 162. The Morgan fingerprint density at radius 2 is 1.33 bits per heavy atom. The number of aliphatic hydroxyl groups is 1. The summed E-state index contributed by atoms with van der Waals surface area (Å²) in [6, 6.07) is 1.40. The topological polar surface area (TPSA) is 37.3 Å². The second-order valence-electron chi connectivity index (χ2n) is 6.07. The van der Waals surface area contributed by atoms with Crippen LogP contribution in [0.1, 0.15) is 5.56 Å². The molecule has 30 heavy (non-hydrogen) atoms. The molecular formula is C15H5ClF12O2. The molecule has 0 spiro atoms. The van der Waals surface area contributed by atoms with Crippen LogP contribution in [0.25, 0.3) is 5.76 Å². The average Bonchev–Trinajstić information content (AvgIpc) is 2.61. The maximum absolute atomic E-state index is 13.9. The summed E-state index contributed by atoms with van der Waals surface area (Å²) in [7, 11) is 0. The van der Waals surface area contributed by atoms with Gasteiger partial charge in [-0.15, -0.1) is 0 Å². The molecule has 1 saturated carbocycles. The first kappa shape index (κ1) is 24.2. The molecule has 0 unspecified atom stereocenters. The Kier molecular flexibility index (Phi) is 5.18. The maximum Gasteiger partial charge on any atom is 0.414 e. The standard InChI is InChI=1S/C15H5ClF12O2/c16-6-2-1-5(3-7(6)17)8(29)4-9(30)10(15(26,27)28)11(18,19)13(22,23)14(24,25)12(10,20)21/h1-4,29H/b8-4-. The van der Waals surface area contributed by atoms with Crippen LogP contribution in [-0.4, -0.2) is 40.8 Å². The molecule has 1 N–H and O–H groups in total. The lowest BCUT2D eigenvalue weighted by atomic mass is 9.74. The van der Waals surface area contributed by atoms with E-state index in [1.165, 1.54) is 0 Å². The number of hydrogen-bond donors (Lipinski definition) is 1. The third kappa shape index (κ3) is 2.57. The molecule has 0 saturated heterocycles. The molecule has 0 aromatic heterocycles. The van der Waals surface area contributed by atoms with Crippen molar-refractivity contribution in [3.8, 4) is 0 Å². The SMILES string of the molecule is O=C(/C=C(\O)c1ccc(Cl)c(F)c1)C1(C(F)(F)F)C(F)(F)C(F)(F)C(F)(F)C1(F)F. The van der Waals surface area contributed by atoms with Gasteiger partial charge in [0.2, 0.25) is 0 Å². The van der Waals surface area contributed by atoms with Crippen molar-refractivity contribution in [1.29, 1.82) is 0 Å². The molecule has 0 radical (unpaired) electrons. The van der Waals surface area contributed by atoms with Crippen molar-refractivity contribution in [3.05, 3.63) is 40.7 Å². The second-order valence-corrected chi connectivity index (χ2v) is 6.48. The molecule has 15 heteroatoms. The highest BCUT2D eigenvalue weighted by atomic mass is 35.5. The van der Waals surface area contributed by atoms with E-state index in [9.17, 15) is 62.6 Å². The molecule has 1 fully saturated rings. The van der Waals surface area contributed by atoms with Gasteiger partial charge in [0.15, 0.2) is 5.78 Å². The Labute approximate surface area is 162 Å². The van der Waals surface area contributed by atoms with E-state index in [2.05, 4.69) is 0 Å². The predicted molar refractivity (Wildman–Crippen MR) is 75.3 cm³/mol. The number of rotatable bonds is 3. The van der Waals surface area contributed by atoms with E-state index in [0.717, 1.165) is 0 Å². The average molecular weight is 481 g/mol. The number of halogens is 13. The molecule has 1 aromatic carbocycles. The molecule has 1 aliphatic carbocycles. The van der Waals surface area contributed by atoms with Crippen LogP contribution in [0.5, 0.6) is 0 Å². The van der Waals surface area contributed by atoms with Crippen LogP contribution in [0.3, 0.4) is 0 Å². The molecule has 2 rings (SSSR count). The lowest BCUT2D eigenvalue weighted by Crippen LogP contribution is -2.64. The molecule has 168 valence electrons. The van der Waals surface area contributed by atoms with Gasteiger partial charge in [0.05, 0.1) is 5.02 Å². The minimum absolute atomic E-state index is 0.204. The first-order valence-electron chi connectivity index (χ1n) is 7.20. The third-order valence-electron chi connectivity index (χ3n) is 4.40. The van der Waals surface area contributed by atoms with Gasteiger partial charge in [0.1, 0.15) is 11.6 Å². The molecule has 0 heterocycles. The molecule has 1 aromatic rings. The van der Waals surface area contributed by atoms with Crippen molar-refractivity contribution in [1.82, 2.24) is 0 Å². The maximum atomic E-state index is 13.9. The highest BCUT2D eigenvalue weighted by Crippen LogP contribution is 2.75. The summed E-state index contributed by atoms with van der Waals surface area (Å²) in [6.45, 7) is 0. The van der Waals surface area contributed by atoms with Crippen molar-refractivity contribution in [2.45, 2.75) is 29.9 Å². The largest absolute Gasteiger partial charge is 0.507 e. The summed E-state index contributed by atoms with van der Waals surface area (Å²) in [5, 5.41) is 8.90. The number of ketones is 1.